The zero-order valence-electron chi connectivity index (χ0n) is 20.7. The average Bonchev–Trinajstić information content (AvgIpc) is 2.84. The third kappa shape index (κ3) is 12.0. The van der Waals surface area contributed by atoms with Crippen molar-refractivity contribution < 1.29 is 33.5 Å². The van der Waals surface area contributed by atoms with Crippen molar-refractivity contribution in [1.82, 2.24) is 16.1 Å². The predicted octanol–water partition coefficient (Wildman–Crippen LogP) is 2.77. The zero-order chi connectivity index (χ0) is 26.4. The van der Waals surface area contributed by atoms with E-state index < -0.39 is 42.1 Å². The number of rotatable bonds is 12. The molecule has 10 heteroatoms. The summed E-state index contributed by atoms with van der Waals surface area (Å²) in [6, 6.07) is 17.3. The Labute approximate surface area is 210 Å². The molecule has 36 heavy (non-hydrogen) atoms. The summed E-state index contributed by atoms with van der Waals surface area (Å²) >= 11 is 0. The van der Waals surface area contributed by atoms with Crippen molar-refractivity contribution in [1.29, 1.82) is 0 Å². The lowest BCUT2D eigenvalue weighted by atomic mass is 10.1. The Morgan fingerprint density at radius 1 is 0.861 bits per heavy atom. The van der Waals surface area contributed by atoms with Crippen molar-refractivity contribution in [2.45, 2.75) is 58.5 Å². The van der Waals surface area contributed by atoms with Crippen LogP contribution in [-0.2, 0) is 41.9 Å². The minimum atomic E-state index is -1.12. The number of benzene rings is 2. The highest BCUT2D eigenvalue weighted by Crippen LogP contribution is 2.09. The van der Waals surface area contributed by atoms with Gasteiger partial charge in [-0.05, 0) is 38.3 Å². The Kier molecular flexibility index (Phi) is 11.4. The Bertz CT molecular complexity index is 992. The second kappa shape index (κ2) is 14.5. The van der Waals surface area contributed by atoms with Crippen LogP contribution < -0.4 is 16.1 Å². The van der Waals surface area contributed by atoms with Crippen LogP contribution in [0.1, 0.15) is 44.7 Å². The average molecular weight is 500 g/mol. The minimum Gasteiger partial charge on any atom is -0.461 e. The molecule has 0 heterocycles. The number of hydrogen-bond donors (Lipinski definition) is 3. The number of alkyl carbamates (subject to hydrolysis) is 1. The van der Waals surface area contributed by atoms with Gasteiger partial charge in [0.15, 0.2) is 0 Å². The molecule has 0 aromatic heterocycles. The van der Waals surface area contributed by atoms with Crippen molar-refractivity contribution >= 4 is 23.9 Å². The van der Waals surface area contributed by atoms with Gasteiger partial charge < -0.3 is 20.1 Å². The number of carbonyl (C=O) groups is 4. The molecule has 1 atom stereocenters. The fourth-order valence-electron chi connectivity index (χ4n) is 2.89. The van der Waals surface area contributed by atoms with Crippen LogP contribution in [0.2, 0.25) is 0 Å². The molecule has 10 nitrogen and oxygen atoms in total. The largest absolute Gasteiger partial charge is 0.461 e. The van der Waals surface area contributed by atoms with Crippen LogP contribution in [0.25, 0.3) is 0 Å². The van der Waals surface area contributed by atoms with Gasteiger partial charge in [0.2, 0.25) is 5.91 Å². The number of ether oxygens (including phenoxy) is 2. The normalized spacial score (nSPS) is 11.6. The molecule has 0 saturated heterocycles. The summed E-state index contributed by atoms with van der Waals surface area (Å²) in [6.45, 7) is 4.92. The van der Waals surface area contributed by atoms with Gasteiger partial charge in [-0.3, -0.25) is 19.2 Å². The Hall–Kier alpha value is -3.92. The van der Waals surface area contributed by atoms with Crippen molar-refractivity contribution in [3.05, 3.63) is 71.8 Å². The van der Waals surface area contributed by atoms with Crippen molar-refractivity contribution in [2.24, 2.45) is 0 Å². The van der Waals surface area contributed by atoms with Gasteiger partial charge >= 0.3 is 12.1 Å². The van der Waals surface area contributed by atoms with E-state index in [0.717, 1.165) is 11.1 Å². The van der Waals surface area contributed by atoms with Crippen LogP contribution in [0.4, 0.5) is 4.79 Å². The fourth-order valence-corrected chi connectivity index (χ4v) is 2.89. The van der Waals surface area contributed by atoms with E-state index in [-0.39, 0.29) is 26.1 Å². The van der Waals surface area contributed by atoms with E-state index in [9.17, 15) is 19.2 Å². The van der Waals surface area contributed by atoms with Crippen molar-refractivity contribution in [3.8, 4) is 0 Å². The van der Waals surface area contributed by atoms with Crippen molar-refractivity contribution in [2.75, 3.05) is 6.54 Å². The standard InChI is InChI=1S/C26H33N3O7/c1-26(2,3)36-25(33)28-21(14-15-23(31)34-17-19-10-6-4-7-11-19)24(32)27-16-22(30)29-35-18-20-12-8-5-9-13-20/h4-13,21H,14-18H2,1-3H3,(H,27,32)(H,28,33)(H,29,30)/t21-/m0/s1. The number of carbonyl (C=O) groups excluding carboxylic acids is 4. The molecule has 0 radical (unpaired) electrons. The molecule has 0 unspecified atom stereocenters. The first-order valence-corrected chi connectivity index (χ1v) is 11.5. The van der Waals surface area contributed by atoms with E-state index in [2.05, 4.69) is 16.1 Å². The number of nitrogens with one attached hydrogen (secondary N) is 3. The molecule has 194 valence electrons. The van der Waals surface area contributed by atoms with E-state index in [1.54, 1.807) is 20.8 Å². The maximum absolute atomic E-state index is 12.7. The molecule has 2 aromatic rings. The first-order chi connectivity index (χ1) is 17.1. The van der Waals surface area contributed by atoms with Crippen LogP contribution in [0.15, 0.2) is 60.7 Å². The quantitative estimate of drug-likeness (QED) is 0.302. The number of amides is 3. The van der Waals surface area contributed by atoms with E-state index in [0.29, 0.717) is 0 Å². The highest BCUT2D eigenvalue weighted by atomic mass is 16.6. The molecule has 0 bridgehead atoms. The summed E-state index contributed by atoms with van der Waals surface area (Å²) in [5, 5.41) is 4.87. The van der Waals surface area contributed by atoms with E-state index in [4.69, 9.17) is 14.3 Å². The maximum atomic E-state index is 12.7. The van der Waals surface area contributed by atoms with Gasteiger partial charge in [-0.25, -0.2) is 10.3 Å². The van der Waals surface area contributed by atoms with Gasteiger partial charge in [0.1, 0.15) is 18.2 Å². The third-order valence-corrected chi connectivity index (χ3v) is 4.58. The van der Waals surface area contributed by atoms with Gasteiger partial charge in [0.25, 0.3) is 5.91 Å². The smallest absolute Gasteiger partial charge is 0.408 e. The second-order valence-electron chi connectivity index (χ2n) is 8.90. The lowest BCUT2D eigenvalue weighted by Gasteiger charge is -2.23. The summed E-state index contributed by atoms with van der Waals surface area (Å²) in [6.07, 6.45) is -1.01. The minimum absolute atomic E-state index is 0.0508. The van der Waals surface area contributed by atoms with E-state index in [1.165, 1.54) is 0 Å². The van der Waals surface area contributed by atoms with Gasteiger partial charge in [-0.2, -0.15) is 0 Å². The molecule has 2 rings (SSSR count). The molecular formula is C26H33N3O7. The summed E-state index contributed by atoms with van der Waals surface area (Å²) in [5.41, 5.74) is 3.15. The van der Waals surface area contributed by atoms with Gasteiger partial charge in [-0.1, -0.05) is 60.7 Å². The molecule has 2 aromatic carbocycles. The summed E-state index contributed by atoms with van der Waals surface area (Å²) in [7, 11) is 0. The molecule has 0 aliphatic rings. The summed E-state index contributed by atoms with van der Waals surface area (Å²) < 4.78 is 10.4. The van der Waals surface area contributed by atoms with Gasteiger partial charge in [0, 0.05) is 6.42 Å². The molecular weight excluding hydrogens is 466 g/mol. The Morgan fingerprint density at radius 2 is 1.44 bits per heavy atom. The molecule has 0 aliphatic carbocycles. The third-order valence-electron chi connectivity index (χ3n) is 4.58. The number of esters is 1. The van der Waals surface area contributed by atoms with Gasteiger partial charge in [-0.15, -0.1) is 0 Å². The molecule has 3 amide bonds. The fraction of sp³-hybridized carbons (Fsp3) is 0.385. The van der Waals surface area contributed by atoms with Crippen molar-refractivity contribution in [3.63, 3.8) is 0 Å². The number of hydroxylamine groups is 1. The topological polar surface area (TPSA) is 132 Å². The summed E-state index contributed by atoms with van der Waals surface area (Å²) in [4.78, 5) is 54.2. The lowest BCUT2D eigenvalue weighted by molar-refractivity contribution is -0.145. The Balaban J connectivity index is 1.83. The first-order valence-electron chi connectivity index (χ1n) is 11.5. The second-order valence-corrected chi connectivity index (χ2v) is 8.90. The molecule has 0 fully saturated rings. The predicted molar refractivity (Wildman–Crippen MR) is 131 cm³/mol. The highest BCUT2D eigenvalue weighted by molar-refractivity contribution is 5.89. The SMILES string of the molecule is CC(C)(C)OC(=O)N[C@@H](CCC(=O)OCc1ccccc1)C(=O)NCC(=O)NOCc1ccccc1. The number of hydrogen-bond acceptors (Lipinski definition) is 7. The Morgan fingerprint density at radius 3 is 2.03 bits per heavy atom. The van der Waals surface area contributed by atoms with E-state index in [1.807, 2.05) is 60.7 Å². The van der Waals surface area contributed by atoms with Crippen LogP contribution in [0.3, 0.4) is 0 Å². The highest BCUT2D eigenvalue weighted by Gasteiger charge is 2.25. The van der Waals surface area contributed by atoms with Crippen LogP contribution in [0, 0.1) is 0 Å². The molecule has 0 saturated carbocycles. The van der Waals surface area contributed by atoms with E-state index >= 15 is 0 Å². The van der Waals surface area contributed by atoms with Crippen LogP contribution in [0.5, 0.6) is 0 Å². The molecule has 0 spiro atoms. The van der Waals surface area contributed by atoms with Crippen LogP contribution >= 0.6 is 0 Å². The van der Waals surface area contributed by atoms with Gasteiger partial charge in [0.05, 0.1) is 13.2 Å². The molecule has 0 aliphatic heterocycles. The zero-order valence-corrected chi connectivity index (χ0v) is 20.7. The monoisotopic (exact) mass is 499 g/mol. The maximum Gasteiger partial charge on any atom is 0.408 e. The first kappa shape index (κ1) is 28.3. The molecule has 3 N–H and O–H groups in total. The lowest BCUT2D eigenvalue weighted by Crippen LogP contribution is -2.50. The van der Waals surface area contributed by atoms with Crippen LogP contribution in [-0.4, -0.2) is 42.1 Å². The summed E-state index contributed by atoms with van der Waals surface area (Å²) in [5.74, 6) is -1.78.